The van der Waals surface area contributed by atoms with E-state index in [0.29, 0.717) is 17.9 Å². The summed E-state index contributed by atoms with van der Waals surface area (Å²) in [6, 6.07) is 13.1. The fourth-order valence-corrected chi connectivity index (χ4v) is 3.18. The zero-order valence-electron chi connectivity index (χ0n) is 13.7. The Hall–Kier alpha value is -3.08. The number of pyridine rings is 1. The van der Waals surface area contributed by atoms with Crippen molar-refractivity contribution < 1.29 is 14.3 Å². The zero-order valence-corrected chi connectivity index (χ0v) is 13.7. The number of H-pyrrole nitrogens is 1. The predicted octanol–water partition coefficient (Wildman–Crippen LogP) is 3.15. The van der Waals surface area contributed by atoms with Crippen LogP contribution >= 0.6 is 0 Å². The Labute approximate surface area is 144 Å². The first-order chi connectivity index (χ1) is 12.2. The molecule has 0 radical (unpaired) electrons. The lowest BCUT2D eigenvalue weighted by molar-refractivity contribution is -0.108. The van der Waals surface area contributed by atoms with Crippen LogP contribution in [0.2, 0.25) is 0 Å². The van der Waals surface area contributed by atoms with Gasteiger partial charge in [-0.1, -0.05) is 19.1 Å². The van der Waals surface area contributed by atoms with E-state index < -0.39 is 5.92 Å². The Morgan fingerprint density at radius 3 is 2.64 bits per heavy atom. The molecule has 1 unspecified atom stereocenters. The number of aryl methyl sites for hydroxylation is 1. The highest BCUT2D eigenvalue weighted by Gasteiger charge is 2.19. The minimum Gasteiger partial charge on any atom is -0.454 e. The lowest BCUT2D eigenvalue weighted by Gasteiger charge is -2.13. The number of carbonyl (C=O) groups is 1. The lowest BCUT2D eigenvalue weighted by atomic mass is 9.91. The molecule has 1 aromatic heterocycles. The van der Waals surface area contributed by atoms with E-state index in [2.05, 4.69) is 4.98 Å². The molecule has 0 saturated heterocycles. The highest BCUT2D eigenvalue weighted by Crippen LogP contribution is 2.36. The average molecular weight is 335 g/mol. The van der Waals surface area contributed by atoms with Gasteiger partial charge in [-0.2, -0.15) is 0 Å². The molecule has 1 N–H and O–H groups in total. The zero-order chi connectivity index (χ0) is 17.4. The number of fused-ring (bicyclic) bond motifs is 2. The minimum atomic E-state index is -0.407. The lowest BCUT2D eigenvalue weighted by Crippen LogP contribution is -2.11. The standard InChI is InChI=1S/C20H17NO4/c1-2-12-7-15-8-13(3-5-17(15)21-20(12)23)16(10-22)14-4-6-18-19(9-14)25-11-24-18/h3-10,16H,2,11H2,1H3,(H,21,23). The van der Waals surface area contributed by atoms with Crippen molar-refractivity contribution in [2.45, 2.75) is 19.3 Å². The molecule has 0 fully saturated rings. The number of rotatable bonds is 4. The van der Waals surface area contributed by atoms with E-state index in [1.54, 1.807) is 0 Å². The van der Waals surface area contributed by atoms with E-state index in [9.17, 15) is 9.59 Å². The topological polar surface area (TPSA) is 68.4 Å². The number of ether oxygens (including phenoxy) is 2. The fourth-order valence-electron chi connectivity index (χ4n) is 3.18. The summed E-state index contributed by atoms with van der Waals surface area (Å²) in [5, 5.41) is 0.918. The van der Waals surface area contributed by atoms with Crippen molar-refractivity contribution in [3.63, 3.8) is 0 Å². The Bertz CT molecular complexity index is 1020. The van der Waals surface area contributed by atoms with Gasteiger partial charge in [0.2, 0.25) is 6.79 Å². The van der Waals surface area contributed by atoms with Crippen molar-refractivity contribution in [2.24, 2.45) is 0 Å². The van der Waals surface area contributed by atoms with Gasteiger partial charge in [0.25, 0.3) is 5.56 Å². The summed E-state index contributed by atoms with van der Waals surface area (Å²) < 4.78 is 10.7. The van der Waals surface area contributed by atoms with Crippen LogP contribution in [0.15, 0.2) is 47.3 Å². The number of carbonyl (C=O) groups excluding carboxylic acids is 1. The highest BCUT2D eigenvalue weighted by molar-refractivity contribution is 5.82. The smallest absolute Gasteiger partial charge is 0.251 e. The van der Waals surface area contributed by atoms with Gasteiger partial charge in [-0.25, -0.2) is 0 Å². The van der Waals surface area contributed by atoms with Gasteiger partial charge in [-0.3, -0.25) is 4.79 Å². The summed E-state index contributed by atoms with van der Waals surface area (Å²) in [4.78, 5) is 26.6. The number of nitrogens with one attached hydrogen (secondary N) is 1. The second kappa shape index (κ2) is 6.09. The maximum absolute atomic E-state index is 11.9. The van der Waals surface area contributed by atoms with Crippen molar-refractivity contribution in [1.82, 2.24) is 4.98 Å². The second-order valence-electron chi connectivity index (χ2n) is 6.05. The largest absolute Gasteiger partial charge is 0.454 e. The third-order valence-electron chi connectivity index (χ3n) is 4.58. The van der Waals surface area contributed by atoms with Crippen molar-refractivity contribution in [1.29, 1.82) is 0 Å². The van der Waals surface area contributed by atoms with Gasteiger partial charge in [-0.15, -0.1) is 0 Å². The van der Waals surface area contributed by atoms with Crippen LogP contribution in [-0.4, -0.2) is 18.1 Å². The van der Waals surface area contributed by atoms with Crippen LogP contribution in [0.3, 0.4) is 0 Å². The molecule has 0 bridgehead atoms. The molecule has 126 valence electrons. The van der Waals surface area contributed by atoms with E-state index >= 15 is 0 Å². The fraction of sp³-hybridized carbons (Fsp3) is 0.200. The molecule has 5 heteroatoms. The Balaban J connectivity index is 1.79. The number of aromatic amines is 1. The Morgan fingerprint density at radius 2 is 1.84 bits per heavy atom. The Kier molecular flexibility index (Phi) is 3.76. The quantitative estimate of drug-likeness (QED) is 0.744. The van der Waals surface area contributed by atoms with Crippen molar-refractivity contribution in [3.05, 3.63) is 69.5 Å². The van der Waals surface area contributed by atoms with Gasteiger partial charge in [0.15, 0.2) is 11.5 Å². The van der Waals surface area contributed by atoms with Gasteiger partial charge in [0.1, 0.15) is 6.29 Å². The van der Waals surface area contributed by atoms with Crippen LogP contribution in [0, 0.1) is 0 Å². The third kappa shape index (κ3) is 2.67. The van der Waals surface area contributed by atoms with Crippen LogP contribution in [0.5, 0.6) is 11.5 Å². The maximum Gasteiger partial charge on any atom is 0.251 e. The van der Waals surface area contributed by atoms with Gasteiger partial charge < -0.3 is 19.3 Å². The summed E-state index contributed by atoms with van der Waals surface area (Å²) in [5.41, 5.74) is 3.15. The molecular formula is C20H17NO4. The molecule has 4 rings (SSSR count). The van der Waals surface area contributed by atoms with Crippen LogP contribution in [0.25, 0.3) is 10.9 Å². The van der Waals surface area contributed by atoms with Gasteiger partial charge >= 0.3 is 0 Å². The van der Waals surface area contributed by atoms with Crippen LogP contribution in [0.4, 0.5) is 0 Å². The summed E-state index contributed by atoms with van der Waals surface area (Å²) in [6.07, 6.45) is 1.58. The third-order valence-corrected chi connectivity index (χ3v) is 4.58. The first-order valence-electron chi connectivity index (χ1n) is 8.20. The Morgan fingerprint density at radius 1 is 1.08 bits per heavy atom. The molecule has 0 aliphatic carbocycles. The van der Waals surface area contributed by atoms with Crippen molar-refractivity contribution in [2.75, 3.05) is 6.79 Å². The van der Waals surface area contributed by atoms with E-state index in [1.165, 1.54) is 0 Å². The highest BCUT2D eigenvalue weighted by atomic mass is 16.7. The van der Waals surface area contributed by atoms with Gasteiger partial charge in [0.05, 0.1) is 5.92 Å². The number of aromatic nitrogens is 1. The molecule has 0 amide bonds. The van der Waals surface area contributed by atoms with E-state index in [1.807, 2.05) is 49.4 Å². The molecule has 1 aliphatic rings. The second-order valence-corrected chi connectivity index (χ2v) is 6.05. The molecule has 5 nitrogen and oxygen atoms in total. The average Bonchev–Trinajstić information content (AvgIpc) is 3.10. The van der Waals surface area contributed by atoms with E-state index in [4.69, 9.17) is 9.47 Å². The molecule has 2 aromatic carbocycles. The summed E-state index contributed by atoms with van der Waals surface area (Å²) in [7, 11) is 0. The molecular weight excluding hydrogens is 318 g/mol. The van der Waals surface area contributed by atoms with Gasteiger partial charge in [0, 0.05) is 11.1 Å². The normalized spacial score (nSPS) is 13.8. The first kappa shape index (κ1) is 15.4. The summed E-state index contributed by atoms with van der Waals surface area (Å²) in [6.45, 7) is 2.15. The predicted molar refractivity (Wildman–Crippen MR) is 94.4 cm³/mol. The molecule has 25 heavy (non-hydrogen) atoms. The molecule has 2 heterocycles. The van der Waals surface area contributed by atoms with Gasteiger partial charge in [-0.05, 0) is 53.3 Å². The summed E-state index contributed by atoms with van der Waals surface area (Å²) in [5.74, 6) is 0.940. The molecule has 0 spiro atoms. The first-order valence-corrected chi connectivity index (χ1v) is 8.20. The van der Waals surface area contributed by atoms with Crippen molar-refractivity contribution in [3.8, 4) is 11.5 Å². The molecule has 3 aromatic rings. The number of benzene rings is 2. The molecule has 0 saturated carbocycles. The summed E-state index contributed by atoms with van der Waals surface area (Å²) >= 11 is 0. The number of hydrogen-bond donors (Lipinski definition) is 1. The van der Waals surface area contributed by atoms with E-state index in [-0.39, 0.29) is 12.4 Å². The van der Waals surface area contributed by atoms with Crippen LogP contribution in [-0.2, 0) is 11.2 Å². The number of aldehydes is 1. The monoisotopic (exact) mass is 335 g/mol. The van der Waals surface area contributed by atoms with Crippen LogP contribution in [0.1, 0.15) is 29.5 Å². The van der Waals surface area contributed by atoms with E-state index in [0.717, 1.165) is 33.9 Å². The number of hydrogen-bond acceptors (Lipinski definition) is 4. The van der Waals surface area contributed by atoms with Crippen molar-refractivity contribution >= 4 is 17.2 Å². The maximum atomic E-state index is 11.9. The molecule has 1 aliphatic heterocycles. The molecule has 1 atom stereocenters. The SMILES string of the molecule is CCc1cc2cc(C(C=O)c3ccc4c(c3)OCO4)ccc2[nH]c1=O. The van der Waals surface area contributed by atoms with Crippen LogP contribution < -0.4 is 15.0 Å². The minimum absolute atomic E-state index is 0.0644.